The van der Waals surface area contributed by atoms with Gasteiger partial charge < -0.3 is 9.84 Å². The fourth-order valence-corrected chi connectivity index (χ4v) is 1.55. The first-order valence-electron chi connectivity index (χ1n) is 5.48. The molecule has 2 rings (SSSR count). The van der Waals surface area contributed by atoms with E-state index in [0.717, 1.165) is 5.56 Å². The third kappa shape index (κ3) is 2.87. The van der Waals surface area contributed by atoms with E-state index in [0.29, 0.717) is 5.56 Å². The lowest BCUT2D eigenvalue weighted by atomic mass is 10.1. The van der Waals surface area contributed by atoms with Gasteiger partial charge in [0.05, 0.1) is 11.6 Å². The Balaban J connectivity index is 2.38. The van der Waals surface area contributed by atoms with Gasteiger partial charge in [0.25, 0.3) is 0 Å². The SMILES string of the molecule is Cc1ccc(Oc2cc(C#N)ccn2)c(C(=O)O)c1. The highest BCUT2D eigenvalue weighted by Gasteiger charge is 2.12. The van der Waals surface area contributed by atoms with Crippen molar-refractivity contribution in [2.45, 2.75) is 6.92 Å². The van der Waals surface area contributed by atoms with Crippen LogP contribution in [0.4, 0.5) is 0 Å². The normalized spacial score (nSPS) is 9.68. The van der Waals surface area contributed by atoms with Crippen LogP contribution in [0.3, 0.4) is 0 Å². The number of carbonyl (C=O) groups is 1. The van der Waals surface area contributed by atoms with E-state index >= 15 is 0 Å². The number of hydrogen-bond donors (Lipinski definition) is 1. The van der Waals surface area contributed by atoms with Gasteiger partial charge in [-0.3, -0.25) is 0 Å². The summed E-state index contributed by atoms with van der Waals surface area (Å²) in [6.45, 7) is 1.80. The predicted molar refractivity (Wildman–Crippen MR) is 67.2 cm³/mol. The molecule has 0 saturated heterocycles. The fourth-order valence-electron chi connectivity index (χ4n) is 1.55. The van der Waals surface area contributed by atoms with Crippen LogP contribution in [0.25, 0.3) is 0 Å². The van der Waals surface area contributed by atoms with Gasteiger partial charge in [0.2, 0.25) is 5.88 Å². The van der Waals surface area contributed by atoms with Crippen LogP contribution in [-0.2, 0) is 0 Å². The number of benzene rings is 1. The Kier molecular flexibility index (Phi) is 3.44. The summed E-state index contributed by atoms with van der Waals surface area (Å²) in [6.07, 6.45) is 1.43. The summed E-state index contributed by atoms with van der Waals surface area (Å²) >= 11 is 0. The first-order chi connectivity index (χ1) is 9.10. The number of pyridine rings is 1. The second-order valence-corrected chi connectivity index (χ2v) is 3.90. The van der Waals surface area contributed by atoms with E-state index < -0.39 is 5.97 Å². The van der Waals surface area contributed by atoms with Crippen LogP contribution in [0.15, 0.2) is 36.5 Å². The zero-order chi connectivity index (χ0) is 13.8. The van der Waals surface area contributed by atoms with E-state index in [4.69, 9.17) is 15.1 Å². The number of carboxylic acids is 1. The molecule has 0 saturated carbocycles. The molecule has 0 aliphatic rings. The van der Waals surface area contributed by atoms with Crippen molar-refractivity contribution in [1.29, 1.82) is 5.26 Å². The van der Waals surface area contributed by atoms with Crippen molar-refractivity contribution in [3.63, 3.8) is 0 Å². The highest BCUT2D eigenvalue weighted by atomic mass is 16.5. The maximum absolute atomic E-state index is 11.1. The lowest BCUT2D eigenvalue weighted by Crippen LogP contribution is -2.01. The number of nitrogens with zero attached hydrogens (tertiary/aromatic N) is 2. The topological polar surface area (TPSA) is 83.2 Å². The summed E-state index contributed by atoms with van der Waals surface area (Å²) in [5, 5.41) is 17.9. The molecule has 0 bridgehead atoms. The fraction of sp³-hybridized carbons (Fsp3) is 0.0714. The van der Waals surface area contributed by atoms with Gasteiger partial charge in [-0.05, 0) is 25.1 Å². The summed E-state index contributed by atoms with van der Waals surface area (Å²) in [5.74, 6) is -0.693. The van der Waals surface area contributed by atoms with Gasteiger partial charge in [-0.25, -0.2) is 9.78 Å². The Morgan fingerprint density at radius 2 is 2.16 bits per heavy atom. The minimum absolute atomic E-state index is 0.0594. The van der Waals surface area contributed by atoms with Crippen molar-refractivity contribution in [1.82, 2.24) is 4.98 Å². The van der Waals surface area contributed by atoms with Crippen LogP contribution in [0.1, 0.15) is 21.5 Å². The van der Waals surface area contributed by atoms with Crippen LogP contribution in [0, 0.1) is 18.3 Å². The van der Waals surface area contributed by atoms with Crippen molar-refractivity contribution in [2.24, 2.45) is 0 Å². The van der Waals surface area contributed by atoms with E-state index in [-0.39, 0.29) is 17.2 Å². The molecule has 0 amide bonds. The molecule has 0 atom stereocenters. The zero-order valence-electron chi connectivity index (χ0n) is 10.1. The third-order valence-electron chi connectivity index (χ3n) is 2.44. The minimum Gasteiger partial charge on any atom is -0.478 e. The van der Waals surface area contributed by atoms with Gasteiger partial charge in [-0.2, -0.15) is 5.26 Å². The molecule has 1 aromatic heterocycles. The number of ether oxygens (including phenoxy) is 1. The van der Waals surface area contributed by atoms with Gasteiger partial charge in [-0.1, -0.05) is 11.6 Å². The molecule has 2 aromatic rings. The van der Waals surface area contributed by atoms with Crippen LogP contribution in [-0.4, -0.2) is 16.1 Å². The van der Waals surface area contributed by atoms with Gasteiger partial charge in [-0.15, -0.1) is 0 Å². The van der Waals surface area contributed by atoms with Crippen molar-refractivity contribution >= 4 is 5.97 Å². The Labute approximate surface area is 109 Å². The van der Waals surface area contributed by atoms with Gasteiger partial charge >= 0.3 is 5.97 Å². The van der Waals surface area contributed by atoms with E-state index in [9.17, 15) is 4.79 Å². The van der Waals surface area contributed by atoms with Crippen molar-refractivity contribution < 1.29 is 14.6 Å². The highest BCUT2D eigenvalue weighted by Crippen LogP contribution is 2.25. The summed E-state index contributed by atoms with van der Waals surface area (Å²) in [6, 6.07) is 9.79. The number of carboxylic acid groups (broad SMARTS) is 1. The maximum atomic E-state index is 11.1. The average Bonchev–Trinajstić information content (AvgIpc) is 2.41. The van der Waals surface area contributed by atoms with E-state index in [1.165, 1.54) is 18.3 Å². The lowest BCUT2D eigenvalue weighted by molar-refractivity contribution is 0.0694. The van der Waals surface area contributed by atoms with E-state index in [2.05, 4.69) is 4.98 Å². The monoisotopic (exact) mass is 254 g/mol. The second kappa shape index (κ2) is 5.19. The summed E-state index contributed by atoms with van der Waals surface area (Å²) < 4.78 is 5.43. The summed E-state index contributed by atoms with van der Waals surface area (Å²) in [7, 11) is 0. The minimum atomic E-state index is -1.07. The molecule has 0 fully saturated rings. The number of hydrogen-bond acceptors (Lipinski definition) is 4. The van der Waals surface area contributed by atoms with Crippen LogP contribution >= 0.6 is 0 Å². The molecule has 0 radical (unpaired) electrons. The molecule has 5 nitrogen and oxygen atoms in total. The molecule has 5 heteroatoms. The molecular weight excluding hydrogens is 244 g/mol. The van der Waals surface area contributed by atoms with Gasteiger partial charge in [0, 0.05) is 12.3 Å². The predicted octanol–water partition coefficient (Wildman–Crippen LogP) is 2.75. The zero-order valence-corrected chi connectivity index (χ0v) is 10.1. The number of aromatic nitrogens is 1. The molecule has 1 heterocycles. The number of rotatable bonds is 3. The molecule has 0 unspecified atom stereocenters. The molecule has 0 spiro atoms. The summed E-state index contributed by atoms with van der Waals surface area (Å²) in [4.78, 5) is 15.1. The number of aromatic carboxylic acids is 1. The van der Waals surface area contributed by atoms with Crippen molar-refractivity contribution in [2.75, 3.05) is 0 Å². The van der Waals surface area contributed by atoms with E-state index in [1.54, 1.807) is 25.1 Å². The number of aryl methyl sites for hydroxylation is 1. The largest absolute Gasteiger partial charge is 0.478 e. The first-order valence-corrected chi connectivity index (χ1v) is 5.48. The molecule has 1 N–H and O–H groups in total. The molecular formula is C14H10N2O3. The molecule has 0 aliphatic heterocycles. The highest BCUT2D eigenvalue weighted by molar-refractivity contribution is 5.91. The summed E-state index contributed by atoms with van der Waals surface area (Å²) in [5.41, 5.74) is 1.28. The van der Waals surface area contributed by atoms with Gasteiger partial charge in [0.15, 0.2) is 0 Å². The molecule has 0 aliphatic carbocycles. The Morgan fingerprint density at radius 3 is 2.84 bits per heavy atom. The second-order valence-electron chi connectivity index (χ2n) is 3.90. The lowest BCUT2D eigenvalue weighted by Gasteiger charge is -2.08. The Hall–Kier alpha value is -2.87. The number of nitriles is 1. The van der Waals surface area contributed by atoms with Crippen LogP contribution in [0.2, 0.25) is 0 Å². The average molecular weight is 254 g/mol. The first kappa shape index (κ1) is 12.6. The van der Waals surface area contributed by atoms with E-state index in [1.807, 2.05) is 6.07 Å². The third-order valence-corrected chi connectivity index (χ3v) is 2.44. The Bertz CT molecular complexity index is 675. The van der Waals surface area contributed by atoms with Crippen LogP contribution < -0.4 is 4.74 Å². The molecule has 94 valence electrons. The Morgan fingerprint density at radius 1 is 1.37 bits per heavy atom. The molecule has 1 aromatic carbocycles. The quantitative estimate of drug-likeness (QED) is 0.910. The van der Waals surface area contributed by atoms with Crippen LogP contribution in [0.5, 0.6) is 11.6 Å². The van der Waals surface area contributed by atoms with Crippen molar-refractivity contribution in [3.8, 4) is 17.7 Å². The maximum Gasteiger partial charge on any atom is 0.339 e. The van der Waals surface area contributed by atoms with Gasteiger partial charge in [0.1, 0.15) is 11.3 Å². The molecule has 19 heavy (non-hydrogen) atoms. The smallest absolute Gasteiger partial charge is 0.339 e. The standard InChI is InChI=1S/C14H10N2O3/c1-9-2-3-12(11(6-9)14(17)18)19-13-7-10(8-15)4-5-16-13/h2-7H,1H3,(H,17,18). The van der Waals surface area contributed by atoms with Crippen molar-refractivity contribution in [3.05, 3.63) is 53.2 Å².